The summed E-state index contributed by atoms with van der Waals surface area (Å²) in [5.74, 6) is -0.391. The minimum absolute atomic E-state index is 0.117. The van der Waals surface area contributed by atoms with E-state index in [-0.39, 0.29) is 17.4 Å². The second kappa shape index (κ2) is 10.1. The molecular formula is C18H36N2O7. The quantitative estimate of drug-likeness (QED) is 0.318. The summed E-state index contributed by atoms with van der Waals surface area (Å²) in [4.78, 5) is 11.4. The lowest BCUT2D eigenvalue weighted by atomic mass is 9.93. The molecule has 0 bridgehead atoms. The molecule has 9 heteroatoms. The van der Waals surface area contributed by atoms with Crippen molar-refractivity contribution in [2.75, 3.05) is 33.0 Å². The van der Waals surface area contributed by atoms with E-state index in [1.807, 2.05) is 27.7 Å². The smallest absolute Gasteiger partial charge is 0.217 e. The Bertz CT molecular complexity index is 473. The molecule has 1 unspecified atom stereocenters. The molecule has 1 aliphatic rings. The van der Waals surface area contributed by atoms with Crippen LogP contribution in [0.4, 0.5) is 0 Å². The highest BCUT2D eigenvalue weighted by Gasteiger charge is 2.45. The van der Waals surface area contributed by atoms with E-state index in [0.717, 1.165) is 0 Å². The number of aliphatic hydroxyl groups is 3. The van der Waals surface area contributed by atoms with Crippen LogP contribution in [0.15, 0.2) is 0 Å². The zero-order chi connectivity index (χ0) is 20.8. The molecule has 5 atom stereocenters. The maximum Gasteiger partial charge on any atom is 0.217 e. The lowest BCUT2D eigenvalue weighted by Crippen LogP contribution is -2.64. The molecule has 0 radical (unpaired) electrons. The summed E-state index contributed by atoms with van der Waals surface area (Å²) in [5.41, 5.74) is 5.21. The predicted molar refractivity (Wildman–Crippen MR) is 98.8 cm³/mol. The molecule has 0 saturated carbocycles. The number of amides is 1. The first-order valence-corrected chi connectivity index (χ1v) is 9.21. The third-order valence-electron chi connectivity index (χ3n) is 4.43. The van der Waals surface area contributed by atoms with Gasteiger partial charge >= 0.3 is 0 Å². The Balaban J connectivity index is 2.67. The second-order valence-electron chi connectivity index (χ2n) is 8.77. The molecule has 1 amide bonds. The van der Waals surface area contributed by atoms with Crippen LogP contribution in [-0.2, 0) is 19.0 Å². The average molecular weight is 392 g/mol. The van der Waals surface area contributed by atoms with Gasteiger partial charge < -0.3 is 40.6 Å². The van der Waals surface area contributed by atoms with Crippen LogP contribution >= 0.6 is 0 Å². The highest BCUT2D eigenvalue weighted by atomic mass is 16.7. The van der Waals surface area contributed by atoms with E-state index in [2.05, 4.69) is 5.32 Å². The van der Waals surface area contributed by atoms with Gasteiger partial charge in [0.2, 0.25) is 5.91 Å². The van der Waals surface area contributed by atoms with Gasteiger partial charge in [0.15, 0.2) is 6.29 Å². The lowest BCUT2D eigenvalue weighted by molar-refractivity contribution is -0.276. The monoisotopic (exact) mass is 392 g/mol. The van der Waals surface area contributed by atoms with E-state index in [9.17, 15) is 20.1 Å². The summed E-state index contributed by atoms with van der Waals surface area (Å²) in [6.07, 6.45) is -4.67. The molecule has 1 saturated heterocycles. The van der Waals surface area contributed by atoms with E-state index < -0.39 is 43.2 Å². The zero-order valence-electron chi connectivity index (χ0n) is 17.0. The second-order valence-corrected chi connectivity index (χ2v) is 8.77. The SMILES string of the molecule is CC(=O)N[C@H]1C(OCC(C)(C)COCC(C)(C)CN)O[C@H](CO)[C@H](O)[C@@H]1O. The number of nitrogens with one attached hydrogen (secondary N) is 1. The molecule has 6 N–H and O–H groups in total. The van der Waals surface area contributed by atoms with Crippen molar-refractivity contribution in [1.82, 2.24) is 5.32 Å². The van der Waals surface area contributed by atoms with E-state index in [1.54, 1.807) is 0 Å². The lowest BCUT2D eigenvalue weighted by Gasteiger charge is -2.43. The summed E-state index contributed by atoms with van der Waals surface area (Å²) in [7, 11) is 0. The first-order valence-electron chi connectivity index (χ1n) is 9.21. The Morgan fingerprint density at radius 2 is 1.70 bits per heavy atom. The molecule has 0 aromatic rings. The molecule has 0 spiro atoms. The number of aliphatic hydroxyl groups excluding tert-OH is 3. The van der Waals surface area contributed by atoms with Gasteiger partial charge in [-0.05, 0) is 6.54 Å². The van der Waals surface area contributed by atoms with Crippen LogP contribution in [0, 0.1) is 10.8 Å². The van der Waals surface area contributed by atoms with Crippen molar-refractivity contribution in [3.05, 3.63) is 0 Å². The summed E-state index contributed by atoms with van der Waals surface area (Å²) < 4.78 is 17.1. The van der Waals surface area contributed by atoms with Crippen molar-refractivity contribution in [2.24, 2.45) is 16.6 Å². The van der Waals surface area contributed by atoms with Gasteiger partial charge in [0.1, 0.15) is 24.4 Å². The fraction of sp³-hybridized carbons (Fsp3) is 0.944. The van der Waals surface area contributed by atoms with Crippen LogP contribution in [-0.4, -0.2) is 84.8 Å². The van der Waals surface area contributed by atoms with Crippen LogP contribution in [0.1, 0.15) is 34.6 Å². The molecule has 0 aromatic carbocycles. The average Bonchev–Trinajstić information content (AvgIpc) is 2.57. The third-order valence-corrected chi connectivity index (χ3v) is 4.43. The van der Waals surface area contributed by atoms with Crippen molar-refractivity contribution in [3.63, 3.8) is 0 Å². The Morgan fingerprint density at radius 3 is 2.22 bits per heavy atom. The summed E-state index contributed by atoms with van der Waals surface area (Å²) in [5, 5.41) is 32.2. The minimum atomic E-state index is -1.33. The highest BCUT2D eigenvalue weighted by molar-refractivity contribution is 5.73. The molecule has 9 nitrogen and oxygen atoms in total. The van der Waals surface area contributed by atoms with Gasteiger partial charge in [-0.2, -0.15) is 0 Å². The van der Waals surface area contributed by atoms with Gasteiger partial charge in [-0.1, -0.05) is 27.7 Å². The number of nitrogens with two attached hydrogens (primary N) is 1. The third kappa shape index (κ3) is 7.61. The van der Waals surface area contributed by atoms with E-state index in [4.69, 9.17) is 19.9 Å². The van der Waals surface area contributed by atoms with E-state index in [0.29, 0.717) is 19.8 Å². The summed E-state index contributed by atoms with van der Waals surface area (Å²) >= 11 is 0. The van der Waals surface area contributed by atoms with Gasteiger partial charge in [-0.3, -0.25) is 4.79 Å². The number of ether oxygens (including phenoxy) is 3. The van der Waals surface area contributed by atoms with Gasteiger partial charge in [-0.15, -0.1) is 0 Å². The Hall–Kier alpha value is -0.810. The highest BCUT2D eigenvalue weighted by Crippen LogP contribution is 2.25. The number of carbonyl (C=O) groups excluding carboxylic acids is 1. The van der Waals surface area contributed by atoms with Crippen LogP contribution in [0.25, 0.3) is 0 Å². The van der Waals surface area contributed by atoms with Crippen molar-refractivity contribution < 1.29 is 34.3 Å². The first-order chi connectivity index (χ1) is 12.4. The molecule has 0 aliphatic carbocycles. The van der Waals surface area contributed by atoms with Crippen molar-refractivity contribution in [1.29, 1.82) is 0 Å². The van der Waals surface area contributed by atoms with Crippen molar-refractivity contribution >= 4 is 5.91 Å². The Kier molecular flexibility index (Phi) is 9.07. The number of hydrogen-bond acceptors (Lipinski definition) is 8. The normalized spacial score (nSPS) is 29.6. The number of rotatable bonds is 10. The van der Waals surface area contributed by atoms with E-state index >= 15 is 0 Å². The molecule has 1 aliphatic heterocycles. The molecule has 27 heavy (non-hydrogen) atoms. The zero-order valence-corrected chi connectivity index (χ0v) is 17.0. The predicted octanol–water partition coefficient (Wildman–Crippen LogP) is -1.03. The van der Waals surface area contributed by atoms with Gasteiger partial charge in [0, 0.05) is 17.8 Å². The summed E-state index contributed by atoms with van der Waals surface area (Å²) in [6, 6.07) is -0.951. The van der Waals surface area contributed by atoms with Crippen LogP contribution in [0.5, 0.6) is 0 Å². The molecular weight excluding hydrogens is 356 g/mol. The van der Waals surface area contributed by atoms with Crippen LogP contribution in [0.3, 0.4) is 0 Å². The van der Waals surface area contributed by atoms with Crippen LogP contribution < -0.4 is 11.1 Å². The Labute approximate surface area is 161 Å². The maximum absolute atomic E-state index is 11.4. The Morgan fingerprint density at radius 1 is 1.11 bits per heavy atom. The largest absolute Gasteiger partial charge is 0.394 e. The molecule has 1 heterocycles. The van der Waals surface area contributed by atoms with Gasteiger partial charge in [-0.25, -0.2) is 0 Å². The molecule has 0 aromatic heterocycles. The fourth-order valence-electron chi connectivity index (χ4n) is 2.62. The number of carbonyl (C=O) groups is 1. The topological polar surface area (TPSA) is 144 Å². The maximum atomic E-state index is 11.4. The minimum Gasteiger partial charge on any atom is -0.394 e. The fourth-order valence-corrected chi connectivity index (χ4v) is 2.62. The summed E-state index contributed by atoms with van der Waals surface area (Å²) in [6.45, 7) is 10.4. The molecule has 1 fully saturated rings. The van der Waals surface area contributed by atoms with Crippen molar-refractivity contribution in [2.45, 2.75) is 65.3 Å². The standard InChI is InChI=1S/C18H36N2O7/c1-11(22)20-13-15(24)14(23)12(6-21)27-16(13)26-10-18(4,5)9-25-8-17(2,3)7-19/h12-16,21,23-24H,6-10,19H2,1-5H3,(H,20,22)/t12-,13-,14+,15-,16?/m1/s1. The number of hydrogen-bond donors (Lipinski definition) is 5. The van der Waals surface area contributed by atoms with Crippen molar-refractivity contribution in [3.8, 4) is 0 Å². The van der Waals surface area contributed by atoms with E-state index in [1.165, 1.54) is 6.92 Å². The van der Waals surface area contributed by atoms with Gasteiger partial charge in [0.25, 0.3) is 0 Å². The molecule has 160 valence electrons. The first kappa shape index (κ1) is 24.2. The van der Waals surface area contributed by atoms with Crippen LogP contribution in [0.2, 0.25) is 0 Å². The molecule has 1 rings (SSSR count). The van der Waals surface area contributed by atoms with Gasteiger partial charge in [0.05, 0.1) is 26.4 Å².